The number of nitrogens with zero attached hydrogens (tertiary/aromatic N) is 2. The number of rotatable bonds is 11. The van der Waals surface area contributed by atoms with Gasteiger partial charge >= 0.3 is 0 Å². The van der Waals surface area contributed by atoms with Crippen LogP contribution in [0.2, 0.25) is 0 Å². The van der Waals surface area contributed by atoms with Crippen molar-refractivity contribution < 1.29 is 18.0 Å². The molecule has 0 fully saturated rings. The van der Waals surface area contributed by atoms with Gasteiger partial charge in [0.1, 0.15) is 12.6 Å². The van der Waals surface area contributed by atoms with Gasteiger partial charge in [-0.15, -0.1) is 0 Å². The summed E-state index contributed by atoms with van der Waals surface area (Å²) in [5, 5.41) is 2.87. The Morgan fingerprint density at radius 3 is 2.42 bits per heavy atom. The van der Waals surface area contributed by atoms with Crippen molar-refractivity contribution in [3.63, 3.8) is 0 Å². The van der Waals surface area contributed by atoms with Gasteiger partial charge in [0, 0.05) is 17.6 Å². The summed E-state index contributed by atoms with van der Waals surface area (Å²) in [6.07, 6.45) is 2.84. The standard InChI is InChI=1S/C24H32BrN3O4S/c1-5-6-14-26-24(30)19(3)27(16-20-11-9-10-18(2)15-20)23(29)17-28(33(4,31)32)22-13-8-7-12-21(22)25/h7-13,15,19H,5-6,14,16-17H2,1-4H3,(H,26,30). The minimum atomic E-state index is -3.76. The molecule has 0 aliphatic heterocycles. The van der Waals surface area contributed by atoms with E-state index in [-0.39, 0.29) is 12.5 Å². The van der Waals surface area contributed by atoms with Gasteiger partial charge < -0.3 is 10.2 Å². The van der Waals surface area contributed by atoms with Crippen LogP contribution in [0.5, 0.6) is 0 Å². The second-order valence-electron chi connectivity index (χ2n) is 8.05. The number of nitrogens with one attached hydrogen (secondary N) is 1. The van der Waals surface area contributed by atoms with Gasteiger partial charge in [0.25, 0.3) is 0 Å². The molecule has 0 aromatic heterocycles. The summed E-state index contributed by atoms with van der Waals surface area (Å²) < 4.78 is 26.8. The minimum absolute atomic E-state index is 0.191. The Kier molecular flexibility index (Phi) is 9.91. The van der Waals surface area contributed by atoms with E-state index in [2.05, 4.69) is 21.2 Å². The van der Waals surface area contributed by atoms with E-state index in [9.17, 15) is 18.0 Å². The summed E-state index contributed by atoms with van der Waals surface area (Å²) in [6, 6.07) is 13.7. The van der Waals surface area contributed by atoms with Crippen molar-refractivity contribution in [2.45, 2.75) is 46.2 Å². The van der Waals surface area contributed by atoms with Crippen molar-refractivity contribution in [2.75, 3.05) is 23.7 Å². The van der Waals surface area contributed by atoms with Gasteiger partial charge in [0.15, 0.2) is 0 Å². The third kappa shape index (κ3) is 7.85. The second kappa shape index (κ2) is 12.2. The van der Waals surface area contributed by atoms with Crippen LogP contribution in [-0.2, 0) is 26.2 Å². The van der Waals surface area contributed by atoms with Gasteiger partial charge in [0.05, 0.1) is 11.9 Å². The fourth-order valence-corrected chi connectivity index (χ4v) is 4.85. The second-order valence-corrected chi connectivity index (χ2v) is 10.8. The molecule has 0 spiro atoms. The number of para-hydroxylation sites is 1. The normalized spacial score (nSPS) is 12.2. The fourth-order valence-electron chi connectivity index (χ4n) is 3.37. The Morgan fingerprint density at radius 2 is 1.82 bits per heavy atom. The Morgan fingerprint density at radius 1 is 1.12 bits per heavy atom. The average molecular weight is 539 g/mol. The molecule has 2 aromatic rings. The van der Waals surface area contributed by atoms with Crippen LogP contribution in [0, 0.1) is 6.92 Å². The molecule has 0 saturated heterocycles. The number of halogens is 1. The number of carbonyl (C=O) groups is 2. The highest BCUT2D eigenvalue weighted by molar-refractivity contribution is 9.10. The van der Waals surface area contributed by atoms with Crippen LogP contribution >= 0.6 is 15.9 Å². The zero-order valence-corrected chi connectivity index (χ0v) is 21.9. The molecule has 33 heavy (non-hydrogen) atoms. The van der Waals surface area contributed by atoms with Gasteiger partial charge in [-0.2, -0.15) is 0 Å². The molecule has 1 unspecified atom stereocenters. The van der Waals surface area contributed by atoms with Crippen LogP contribution in [0.1, 0.15) is 37.8 Å². The molecule has 1 N–H and O–H groups in total. The Balaban J connectivity index is 2.36. The molecule has 2 rings (SSSR count). The van der Waals surface area contributed by atoms with Crippen molar-refractivity contribution in [1.82, 2.24) is 10.2 Å². The number of sulfonamides is 1. The highest BCUT2D eigenvalue weighted by atomic mass is 79.9. The fraction of sp³-hybridized carbons (Fsp3) is 0.417. The van der Waals surface area contributed by atoms with Crippen molar-refractivity contribution in [1.29, 1.82) is 0 Å². The minimum Gasteiger partial charge on any atom is -0.354 e. The number of anilines is 1. The quantitative estimate of drug-likeness (QED) is 0.441. The number of aryl methyl sites for hydroxylation is 1. The topological polar surface area (TPSA) is 86.8 Å². The van der Waals surface area contributed by atoms with Crippen LogP contribution in [0.25, 0.3) is 0 Å². The molecule has 0 saturated carbocycles. The predicted molar refractivity (Wildman–Crippen MR) is 135 cm³/mol. The van der Waals surface area contributed by atoms with E-state index in [1.165, 1.54) is 4.90 Å². The van der Waals surface area contributed by atoms with Crippen molar-refractivity contribution >= 4 is 43.5 Å². The summed E-state index contributed by atoms with van der Waals surface area (Å²) in [5.74, 6) is -0.730. The smallest absolute Gasteiger partial charge is 0.244 e. The van der Waals surface area contributed by atoms with E-state index in [4.69, 9.17) is 0 Å². The summed E-state index contributed by atoms with van der Waals surface area (Å²) in [7, 11) is -3.76. The maximum absolute atomic E-state index is 13.5. The lowest BCUT2D eigenvalue weighted by Gasteiger charge is -2.31. The Hall–Kier alpha value is -2.39. The maximum atomic E-state index is 13.5. The summed E-state index contributed by atoms with van der Waals surface area (Å²) in [5.41, 5.74) is 2.26. The summed E-state index contributed by atoms with van der Waals surface area (Å²) in [4.78, 5) is 27.7. The van der Waals surface area contributed by atoms with E-state index in [1.54, 1.807) is 31.2 Å². The number of amides is 2. The SMILES string of the molecule is CCCCNC(=O)C(C)N(Cc1cccc(C)c1)C(=O)CN(c1ccccc1Br)S(C)(=O)=O. The highest BCUT2D eigenvalue weighted by Gasteiger charge is 2.30. The van der Waals surface area contributed by atoms with Crippen molar-refractivity contribution in [3.8, 4) is 0 Å². The van der Waals surface area contributed by atoms with Crippen LogP contribution in [0.3, 0.4) is 0 Å². The van der Waals surface area contributed by atoms with E-state index < -0.39 is 28.5 Å². The number of unbranched alkanes of at least 4 members (excludes halogenated alkanes) is 1. The first-order valence-electron chi connectivity index (χ1n) is 10.9. The molecule has 7 nitrogen and oxygen atoms in total. The first-order chi connectivity index (χ1) is 15.5. The maximum Gasteiger partial charge on any atom is 0.244 e. The van der Waals surface area contributed by atoms with E-state index in [0.717, 1.165) is 34.5 Å². The lowest BCUT2D eigenvalue weighted by molar-refractivity contribution is -0.139. The molecule has 0 bridgehead atoms. The third-order valence-corrected chi connectivity index (χ3v) is 7.03. The van der Waals surface area contributed by atoms with Crippen molar-refractivity contribution in [3.05, 3.63) is 64.1 Å². The van der Waals surface area contributed by atoms with E-state index in [1.807, 2.05) is 38.1 Å². The molecule has 0 aliphatic rings. The highest BCUT2D eigenvalue weighted by Crippen LogP contribution is 2.28. The molecule has 0 aliphatic carbocycles. The Bertz CT molecular complexity index is 1070. The monoisotopic (exact) mass is 537 g/mol. The van der Waals surface area contributed by atoms with Crippen LogP contribution in [0.4, 0.5) is 5.69 Å². The zero-order valence-electron chi connectivity index (χ0n) is 19.5. The number of hydrogen-bond acceptors (Lipinski definition) is 4. The third-order valence-electron chi connectivity index (χ3n) is 5.23. The van der Waals surface area contributed by atoms with Gasteiger partial charge in [0.2, 0.25) is 21.8 Å². The van der Waals surface area contributed by atoms with Gasteiger partial charge in [-0.1, -0.05) is 55.3 Å². The Labute approximate surface area is 205 Å². The molecule has 9 heteroatoms. The first-order valence-corrected chi connectivity index (χ1v) is 13.5. The molecular weight excluding hydrogens is 506 g/mol. The summed E-state index contributed by atoms with van der Waals surface area (Å²) >= 11 is 3.37. The average Bonchev–Trinajstić information content (AvgIpc) is 2.75. The van der Waals surface area contributed by atoms with Crippen LogP contribution in [0.15, 0.2) is 53.0 Å². The molecule has 180 valence electrons. The lowest BCUT2D eigenvalue weighted by atomic mass is 10.1. The number of benzene rings is 2. The lowest BCUT2D eigenvalue weighted by Crippen LogP contribution is -2.51. The molecule has 2 aromatic carbocycles. The van der Waals surface area contributed by atoms with E-state index >= 15 is 0 Å². The molecule has 1 atom stereocenters. The molecule has 2 amide bonds. The number of carbonyl (C=O) groups excluding carboxylic acids is 2. The summed E-state index contributed by atoms with van der Waals surface area (Å²) in [6.45, 7) is 5.95. The molecular formula is C24H32BrN3O4S. The van der Waals surface area contributed by atoms with Crippen molar-refractivity contribution in [2.24, 2.45) is 0 Å². The predicted octanol–water partition coefficient (Wildman–Crippen LogP) is 3.86. The first kappa shape index (κ1) is 26.9. The van der Waals surface area contributed by atoms with Gasteiger partial charge in [-0.3, -0.25) is 13.9 Å². The van der Waals surface area contributed by atoms with E-state index in [0.29, 0.717) is 16.7 Å². The number of hydrogen-bond donors (Lipinski definition) is 1. The zero-order chi connectivity index (χ0) is 24.6. The molecule has 0 radical (unpaired) electrons. The van der Waals surface area contributed by atoms with Crippen LogP contribution in [-0.4, -0.2) is 50.5 Å². The van der Waals surface area contributed by atoms with Gasteiger partial charge in [-0.05, 0) is 53.9 Å². The largest absolute Gasteiger partial charge is 0.354 e. The van der Waals surface area contributed by atoms with Gasteiger partial charge in [-0.25, -0.2) is 8.42 Å². The molecule has 0 heterocycles. The van der Waals surface area contributed by atoms with Crippen LogP contribution < -0.4 is 9.62 Å².